The summed E-state index contributed by atoms with van der Waals surface area (Å²) in [6, 6.07) is 0.0901. The third kappa shape index (κ3) is 5.80. The van der Waals surface area contributed by atoms with Crippen LogP contribution in [0, 0.1) is 5.92 Å². The first kappa shape index (κ1) is 24.1. The summed E-state index contributed by atoms with van der Waals surface area (Å²) in [5.41, 5.74) is 0.846. The Morgan fingerprint density at radius 3 is 2.81 bits per heavy atom. The summed E-state index contributed by atoms with van der Waals surface area (Å²) in [6.45, 7) is 9.59. The number of H-pyrrole nitrogens is 1. The number of esters is 1. The van der Waals surface area contributed by atoms with Gasteiger partial charge in [0.2, 0.25) is 0 Å². The van der Waals surface area contributed by atoms with E-state index in [1.807, 2.05) is 11.8 Å². The first-order chi connectivity index (χ1) is 15.3. The smallest absolute Gasteiger partial charge is 0.360 e. The Hall–Kier alpha value is -2.59. The second-order valence-corrected chi connectivity index (χ2v) is 8.38. The molecule has 1 aliphatic heterocycles. The van der Waals surface area contributed by atoms with Crippen molar-refractivity contribution in [1.29, 1.82) is 0 Å². The summed E-state index contributed by atoms with van der Waals surface area (Å²) in [6.07, 6.45) is 2.24. The van der Waals surface area contributed by atoms with Crippen molar-refractivity contribution in [3.63, 3.8) is 0 Å². The number of halogens is 1. The summed E-state index contributed by atoms with van der Waals surface area (Å²) >= 11 is 6.07. The van der Waals surface area contributed by atoms with Gasteiger partial charge < -0.3 is 29.1 Å². The van der Waals surface area contributed by atoms with Crippen molar-refractivity contribution >= 4 is 29.5 Å². The lowest BCUT2D eigenvalue weighted by molar-refractivity contribution is 0.00630. The van der Waals surface area contributed by atoms with E-state index in [4.69, 9.17) is 25.5 Å². The van der Waals surface area contributed by atoms with Crippen molar-refractivity contribution < 1.29 is 23.5 Å². The Kier molecular flexibility index (Phi) is 8.14. The van der Waals surface area contributed by atoms with Crippen molar-refractivity contribution in [1.82, 2.24) is 20.3 Å². The van der Waals surface area contributed by atoms with E-state index >= 15 is 0 Å². The first-order valence-corrected chi connectivity index (χ1v) is 11.2. The van der Waals surface area contributed by atoms with Gasteiger partial charge in [-0.1, -0.05) is 32.4 Å². The zero-order valence-corrected chi connectivity index (χ0v) is 19.6. The van der Waals surface area contributed by atoms with Crippen LogP contribution in [0.3, 0.4) is 0 Å². The van der Waals surface area contributed by atoms with Gasteiger partial charge in [0, 0.05) is 13.2 Å². The van der Waals surface area contributed by atoms with Gasteiger partial charge in [0.15, 0.2) is 16.7 Å². The molecule has 2 atom stereocenters. The molecule has 0 saturated carbocycles. The highest BCUT2D eigenvalue weighted by Crippen LogP contribution is 2.23. The molecule has 0 aromatic carbocycles. The predicted molar refractivity (Wildman–Crippen MR) is 118 cm³/mol. The second-order valence-electron chi connectivity index (χ2n) is 8.02. The minimum Gasteiger partial charge on any atom is -0.461 e. The Balaban J connectivity index is 1.69. The quantitative estimate of drug-likeness (QED) is 0.540. The lowest BCUT2D eigenvalue weighted by Crippen LogP contribution is -2.55. The van der Waals surface area contributed by atoms with Gasteiger partial charge in [-0.2, -0.15) is 4.98 Å². The van der Waals surface area contributed by atoms with E-state index in [9.17, 15) is 9.59 Å². The Morgan fingerprint density at radius 1 is 1.38 bits per heavy atom. The lowest BCUT2D eigenvalue weighted by Gasteiger charge is -2.38. The number of nitrogens with one attached hydrogen (secondary N) is 2. The number of carbonyl (C=O) groups is 2. The van der Waals surface area contributed by atoms with Gasteiger partial charge >= 0.3 is 5.97 Å². The van der Waals surface area contributed by atoms with Gasteiger partial charge in [-0.25, -0.2) is 9.78 Å². The monoisotopic (exact) mass is 467 g/mol. The summed E-state index contributed by atoms with van der Waals surface area (Å²) < 4.78 is 16.6. The molecular formula is C21H30ClN5O5. The summed E-state index contributed by atoms with van der Waals surface area (Å²) in [5, 5.41) is 3.32. The molecule has 32 heavy (non-hydrogen) atoms. The molecule has 11 heteroatoms. The maximum absolute atomic E-state index is 12.8. The molecule has 1 amide bonds. The molecule has 0 spiro atoms. The Labute approximate surface area is 192 Å². The number of oxazole rings is 1. The van der Waals surface area contributed by atoms with Gasteiger partial charge in [0.1, 0.15) is 6.26 Å². The van der Waals surface area contributed by atoms with Crippen molar-refractivity contribution in [3.05, 3.63) is 28.6 Å². The van der Waals surface area contributed by atoms with Crippen molar-refractivity contribution in [2.75, 3.05) is 31.2 Å². The average molecular weight is 468 g/mol. The molecule has 0 radical (unpaired) electrons. The maximum Gasteiger partial charge on any atom is 0.360 e. The van der Waals surface area contributed by atoms with Crippen LogP contribution in [0.4, 0.5) is 6.01 Å². The van der Waals surface area contributed by atoms with Gasteiger partial charge in [-0.05, 0) is 25.7 Å². The normalized spacial score (nSPS) is 18.8. The molecule has 0 bridgehead atoms. The first-order valence-electron chi connectivity index (χ1n) is 10.9. The fourth-order valence-corrected chi connectivity index (χ4v) is 3.68. The highest BCUT2D eigenvalue weighted by atomic mass is 35.5. The third-order valence-electron chi connectivity index (χ3n) is 5.06. The SMILES string of the molecule is CCOC(=O)c1coc(N2CCC(NC(=O)c3nc(Cl)c(CC)[nH]3)C(OCC(C)C)C2)n1. The van der Waals surface area contributed by atoms with Crippen molar-refractivity contribution in [2.45, 2.75) is 52.7 Å². The number of imidazole rings is 1. The third-order valence-corrected chi connectivity index (χ3v) is 5.38. The molecule has 10 nitrogen and oxygen atoms in total. The van der Waals surface area contributed by atoms with Crippen molar-refractivity contribution in [3.8, 4) is 0 Å². The Bertz CT molecular complexity index is 928. The molecule has 1 aliphatic rings. The number of anilines is 1. The molecule has 3 heterocycles. The van der Waals surface area contributed by atoms with E-state index in [1.165, 1.54) is 6.26 Å². The zero-order chi connectivity index (χ0) is 23.3. The number of nitrogens with zero attached hydrogens (tertiary/aromatic N) is 3. The standard InChI is InChI=1S/C21H30ClN5O5/c1-5-13-17(22)26-18(23-13)19(28)24-14-7-8-27(9-16(14)31-10-12(3)4)21-25-15(11-32-21)20(29)30-6-2/h11-12,14,16H,5-10H2,1-4H3,(H,23,26)(H,24,28). The van der Waals surface area contributed by atoms with Crippen LogP contribution < -0.4 is 10.2 Å². The number of aryl methyl sites for hydroxylation is 1. The number of hydrogen-bond acceptors (Lipinski definition) is 8. The summed E-state index contributed by atoms with van der Waals surface area (Å²) in [4.78, 5) is 37.9. The van der Waals surface area contributed by atoms with E-state index < -0.39 is 5.97 Å². The van der Waals surface area contributed by atoms with Crippen LogP contribution in [0.1, 0.15) is 60.9 Å². The maximum atomic E-state index is 12.8. The fraction of sp³-hybridized carbons (Fsp3) is 0.619. The number of amides is 1. The van der Waals surface area contributed by atoms with Crippen LogP contribution in [-0.2, 0) is 15.9 Å². The van der Waals surface area contributed by atoms with E-state index in [-0.39, 0.29) is 36.2 Å². The molecule has 0 aliphatic carbocycles. The number of ether oxygens (including phenoxy) is 2. The number of piperidine rings is 1. The highest BCUT2D eigenvalue weighted by molar-refractivity contribution is 6.30. The Morgan fingerprint density at radius 2 is 2.16 bits per heavy atom. The molecule has 176 valence electrons. The van der Waals surface area contributed by atoms with Crippen LogP contribution in [0.25, 0.3) is 0 Å². The van der Waals surface area contributed by atoms with Gasteiger partial charge in [0.05, 0.1) is 31.0 Å². The number of rotatable bonds is 9. The van der Waals surface area contributed by atoms with Crippen LogP contribution in [-0.4, -0.2) is 65.3 Å². The zero-order valence-electron chi connectivity index (χ0n) is 18.8. The fourth-order valence-electron chi connectivity index (χ4n) is 3.42. The predicted octanol–water partition coefficient (Wildman–Crippen LogP) is 2.84. The van der Waals surface area contributed by atoms with E-state index in [0.717, 1.165) is 5.69 Å². The molecule has 2 N–H and O–H groups in total. The van der Waals surface area contributed by atoms with E-state index in [2.05, 4.69) is 34.1 Å². The number of hydrogen-bond donors (Lipinski definition) is 2. The topological polar surface area (TPSA) is 123 Å². The molecule has 1 fully saturated rings. The van der Waals surface area contributed by atoms with Crippen LogP contribution in [0.2, 0.25) is 5.15 Å². The number of carbonyl (C=O) groups excluding carboxylic acids is 2. The molecular weight excluding hydrogens is 438 g/mol. The minimum absolute atomic E-state index is 0.123. The lowest BCUT2D eigenvalue weighted by atomic mass is 10.0. The molecule has 2 aromatic rings. The largest absolute Gasteiger partial charge is 0.461 e. The van der Waals surface area contributed by atoms with Crippen LogP contribution in [0.5, 0.6) is 0 Å². The van der Waals surface area contributed by atoms with Gasteiger partial charge in [-0.15, -0.1) is 0 Å². The van der Waals surface area contributed by atoms with Gasteiger partial charge in [-0.3, -0.25) is 4.79 Å². The minimum atomic E-state index is -0.527. The summed E-state index contributed by atoms with van der Waals surface area (Å²) in [7, 11) is 0. The molecule has 3 rings (SSSR count). The molecule has 2 aromatic heterocycles. The van der Waals surface area contributed by atoms with Crippen LogP contribution in [0.15, 0.2) is 10.7 Å². The van der Waals surface area contributed by atoms with Crippen LogP contribution >= 0.6 is 11.6 Å². The van der Waals surface area contributed by atoms with Crippen molar-refractivity contribution in [2.24, 2.45) is 5.92 Å². The number of aromatic nitrogens is 3. The molecule has 1 saturated heterocycles. The molecule has 2 unspecified atom stereocenters. The van der Waals surface area contributed by atoms with Gasteiger partial charge in [0.25, 0.3) is 11.9 Å². The highest BCUT2D eigenvalue weighted by Gasteiger charge is 2.34. The van der Waals surface area contributed by atoms with E-state index in [0.29, 0.717) is 49.6 Å². The summed E-state index contributed by atoms with van der Waals surface area (Å²) in [5.74, 6) is -0.344. The second kappa shape index (κ2) is 10.8. The average Bonchev–Trinajstić information content (AvgIpc) is 3.40. The number of aromatic amines is 1. The van der Waals surface area contributed by atoms with E-state index in [1.54, 1.807) is 6.92 Å².